The van der Waals surface area contributed by atoms with Crippen molar-refractivity contribution < 1.29 is 43.0 Å². The van der Waals surface area contributed by atoms with Gasteiger partial charge in [0, 0.05) is 45.2 Å². The Morgan fingerprint density at radius 1 is 0.839 bits per heavy atom. The van der Waals surface area contributed by atoms with E-state index in [1.165, 1.54) is 6.92 Å². The molecular weight excluding hydrogens is 412 g/mol. The van der Waals surface area contributed by atoms with E-state index in [-0.39, 0.29) is 38.5 Å². The molecule has 0 heterocycles. The lowest BCUT2D eigenvalue weighted by molar-refractivity contribution is -0.162. The van der Waals surface area contributed by atoms with Crippen LogP contribution in [0.3, 0.4) is 0 Å². The minimum absolute atomic E-state index is 0.0574. The lowest BCUT2D eigenvalue weighted by Crippen LogP contribution is -2.31. The van der Waals surface area contributed by atoms with Crippen LogP contribution >= 0.6 is 0 Å². The molecule has 31 heavy (non-hydrogen) atoms. The summed E-state index contributed by atoms with van der Waals surface area (Å²) in [5.41, 5.74) is 10.2. The molecule has 0 aromatic heterocycles. The van der Waals surface area contributed by atoms with Crippen molar-refractivity contribution in [3.8, 4) is 0 Å². The van der Waals surface area contributed by atoms with Crippen molar-refractivity contribution >= 4 is 35.1 Å². The van der Waals surface area contributed by atoms with Crippen LogP contribution in [0.4, 0.5) is 0 Å². The molecule has 2 fully saturated rings. The molecule has 11 nitrogen and oxygen atoms in total. The van der Waals surface area contributed by atoms with E-state index < -0.39 is 53.2 Å². The number of nitrogens with two attached hydrogens (primary N) is 2. The van der Waals surface area contributed by atoms with Gasteiger partial charge in [0.25, 0.3) is 0 Å². The number of hydrogen-bond acceptors (Lipinski definition) is 11. The number of carbonyl (C=O) groups excluding carboxylic acids is 6. The summed E-state index contributed by atoms with van der Waals surface area (Å²) in [4.78, 5) is 69.2. The standard InChI is InChI=1S/C16H18O8.C4H12N2O/c1-8(16(22)24-15-11(19)5-6-12(15)20)2-7-13(21)23-14-9(17)3-4-10(14)18;5-1-3-7-4-2-6/h8,14-15H,2-7H2,1H3;1-6H2. The molecular formula is C20H30N2O9. The van der Waals surface area contributed by atoms with Crippen LogP contribution in [0.15, 0.2) is 0 Å². The zero-order chi connectivity index (χ0) is 23.4. The molecule has 0 spiro atoms. The molecule has 1 unspecified atom stereocenters. The van der Waals surface area contributed by atoms with Gasteiger partial charge in [0.05, 0.1) is 19.1 Å². The quantitative estimate of drug-likeness (QED) is 0.241. The number of Topliss-reactive ketones (excluding diaryl/α,β-unsaturated/α-hetero) is 4. The second-order valence-corrected chi connectivity index (χ2v) is 7.18. The van der Waals surface area contributed by atoms with E-state index in [1.807, 2.05) is 0 Å². The maximum Gasteiger partial charge on any atom is 0.309 e. The Kier molecular flexibility index (Phi) is 11.8. The van der Waals surface area contributed by atoms with Crippen LogP contribution in [0.25, 0.3) is 0 Å². The molecule has 2 saturated carbocycles. The fourth-order valence-electron chi connectivity index (χ4n) is 2.78. The SMILES string of the molecule is CC(CCC(=O)OC1C(=O)CCC1=O)C(=O)OC1C(=O)CCC1=O.NCCOCCN. The van der Waals surface area contributed by atoms with Crippen LogP contribution in [-0.2, 0) is 43.0 Å². The fourth-order valence-corrected chi connectivity index (χ4v) is 2.78. The predicted octanol–water partition coefficient (Wildman–Crippen LogP) is -0.989. The fraction of sp³-hybridized carbons (Fsp3) is 0.700. The molecule has 2 rings (SSSR count). The molecule has 0 bridgehead atoms. The first-order valence-electron chi connectivity index (χ1n) is 10.2. The minimum Gasteiger partial charge on any atom is -0.446 e. The first kappa shape index (κ1) is 26.5. The molecule has 0 aromatic carbocycles. The molecule has 0 amide bonds. The van der Waals surface area contributed by atoms with Crippen LogP contribution in [-0.4, -0.2) is 73.6 Å². The maximum absolute atomic E-state index is 11.9. The highest BCUT2D eigenvalue weighted by Gasteiger charge is 2.38. The van der Waals surface area contributed by atoms with Gasteiger partial charge in [0.15, 0.2) is 23.1 Å². The maximum atomic E-state index is 11.9. The lowest BCUT2D eigenvalue weighted by atomic mass is 10.1. The van der Waals surface area contributed by atoms with Crippen molar-refractivity contribution in [1.29, 1.82) is 0 Å². The van der Waals surface area contributed by atoms with Gasteiger partial charge in [-0.05, 0) is 6.42 Å². The summed E-state index contributed by atoms with van der Waals surface area (Å²) in [6, 6.07) is 0. The largest absolute Gasteiger partial charge is 0.446 e. The Morgan fingerprint density at radius 2 is 1.26 bits per heavy atom. The molecule has 1 atom stereocenters. The van der Waals surface area contributed by atoms with Crippen LogP contribution in [0, 0.1) is 5.92 Å². The van der Waals surface area contributed by atoms with Gasteiger partial charge in [0.2, 0.25) is 12.2 Å². The number of ether oxygens (including phenoxy) is 3. The van der Waals surface area contributed by atoms with E-state index in [2.05, 4.69) is 0 Å². The Labute approximate surface area is 180 Å². The molecule has 2 aliphatic rings. The number of carbonyl (C=O) groups is 6. The Morgan fingerprint density at radius 3 is 1.68 bits per heavy atom. The zero-order valence-corrected chi connectivity index (χ0v) is 17.6. The molecule has 4 N–H and O–H groups in total. The lowest BCUT2D eigenvalue weighted by Gasteiger charge is -2.14. The van der Waals surface area contributed by atoms with Crippen molar-refractivity contribution in [2.45, 2.75) is 57.7 Å². The van der Waals surface area contributed by atoms with Crippen LogP contribution < -0.4 is 11.5 Å². The van der Waals surface area contributed by atoms with Crippen LogP contribution in [0.1, 0.15) is 45.4 Å². The summed E-state index contributed by atoms with van der Waals surface area (Å²) in [6.45, 7) is 3.90. The van der Waals surface area contributed by atoms with Gasteiger partial charge in [-0.1, -0.05) is 6.92 Å². The average molecular weight is 442 g/mol. The van der Waals surface area contributed by atoms with E-state index >= 15 is 0 Å². The molecule has 0 aromatic rings. The van der Waals surface area contributed by atoms with Crippen molar-refractivity contribution in [3.63, 3.8) is 0 Å². The van der Waals surface area contributed by atoms with Crippen LogP contribution in [0.2, 0.25) is 0 Å². The normalized spacial score (nSPS) is 18.0. The van der Waals surface area contributed by atoms with Gasteiger partial charge in [-0.3, -0.25) is 28.8 Å². The number of esters is 2. The highest BCUT2D eigenvalue weighted by atomic mass is 16.6. The first-order chi connectivity index (χ1) is 14.7. The third kappa shape index (κ3) is 9.03. The van der Waals surface area contributed by atoms with Gasteiger partial charge in [-0.25, -0.2) is 0 Å². The third-order valence-corrected chi connectivity index (χ3v) is 4.60. The number of rotatable bonds is 10. The Balaban J connectivity index is 0.000000592. The van der Waals surface area contributed by atoms with Gasteiger partial charge >= 0.3 is 11.9 Å². The second kappa shape index (κ2) is 13.7. The first-order valence-corrected chi connectivity index (χ1v) is 10.2. The monoisotopic (exact) mass is 442 g/mol. The van der Waals surface area contributed by atoms with Gasteiger partial charge in [-0.15, -0.1) is 0 Å². The summed E-state index contributed by atoms with van der Waals surface area (Å²) >= 11 is 0. The molecule has 2 aliphatic carbocycles. The minimum atomic E-state index is -1.33. The molecule has 0 saturated heterocycles. The summed E-state index contributed by atoms with van der Waals surface area (Å²) in [5, 5.41) is 0. The van der Waals surface area contributed by atoms with E-state index in [4.69, 9.17) is 25.7 Å². The molecule has 0 radical (unpaired) electrons. The second-order valence-electron chi connectivity index (χ2n) is 7.18. The number of hydrogen-bond donors (Lipinski definition) is 2. The summed E-state index contributed by atoms with van der Waals surface area (Å²) < 4.78 is 14.6. The predicted molar refractivity (Wildman–Crippen MR) is 106 cm³/mol. The van der Waals surface area contributed by atoms with Gasteiger partial charge in [-0.2, -0.15) is 0 Å². The van der Waals surface area contributed by atoms with E-state index in [1.54, 1.807) is 0 Å². The summed E-state index contributed by atoms with van der Waals surface area (Å²) in [5.74, 6) is -3.90. The van der Waals surface area contributed by atoms with Crippen molar-refractivity contribution in [3.05, 3.63) is 0 Å². The summed E-state index contributed by atoms with van der Waals surface area (Å²) in [7, 11) is 0. The molecule has 11 heteroatoms. The molecule has 0 aliphatic heterocycles. The highest BCUT2D eigenvalue weighted by Crippen LogP contribution is 2.19. The van der Waals surface area contributed by atoms with E-state index in [0.717, 1.165) is 0 Å². The third-order valence-electron chi connectivity index (χ3n) is 4.60. The Hall–Kier alpha value is -2.50. The summed E-state index contributed by atoms with van der Waals surface area (Å²) in [6.07, 6.45) is -2.50. The van der Waals surface area contributed by atoms with Gasteiger partial charge < -0.3 is 25.7 Å². The number of ketones is 4. The van der Waals surface area contributed by atoms with Crippen molar-refractivity contribution in [1.82, 2.24) is 0 Å². The van der Waals surface area contributed by atoms with Crippen molar-refractivity contribution in [2.75, 3.05) is 26.3 Å². The zero-order valence-electron chi connectivity index (χ0n) is 17.6. The van der Waals surface area contributed by atoms with Crippen molar-refractivity contribution in [2.24, 2.45) is 17.4 Å². The van der Waals surface area contributed by atoms with Crippen LogP contribution in [0.5, 0.6) is 0 Å². The van der Waals surface area contributed by atoms with E-state index in [9.17, 15) is 28.8 Å². The van der Waals surface area contributed by atoms with E-state index in [0.29, 0.717) is 26.3 Å². The Bertz CT molecular complexity index is 656. The molecule has 174 valence electrons. The average Bonchev–Trinajstić information content (AvgIpc) is 3.23. The topological polar surface area (TPSA) is 182 Å². The highest BCUT2D eigenvalue weighted by molar-refractivity contribution is 6.13. The smallest absolute Gasteiger partial charge is 0.309 e. The van der Waals surface area contributed by atoms with Gasteiger partial charge in [0.1, 0.15) is 0 Å².